The standard InChI is InChI=1S/C21H29ClN6O4S/c1-26(2)7-6-23-21-24-10-15(11-25-21)12-27-8-9-28(16(13-31-3)20(27)30)18(29)14-32-19-5-4-17(22)33-19/h4-5,10-11,16H,6-9,12-14H2,1-3H3,(H,23,24,25). The molecule has 3 heterocycles. The van der Waals surface area contributed by atoms with Crippen molar-refractivity contribution in [2.45, 2.75) is 12.6 Å². The number of rotatable bonds is 11. The first kappa shape index (κ1) is 25.2. The number of likely N-dealkylation sites (N-methyl/N-ethyl adjacent to an activating group) is 1. The highest BCUT2D eigenvalue weighted by Gasteiger charge is 2.37. The van der Waals surface area contributed by atoms with Crippen LogP contribution in [0.4, 0.5) is 5.95 Å². The minimum Gasteiger partial charge on any atom is -0.474 e. The molecule has 0 aromatic carbocycles. The fraction of sp³-hybridized carbons (Fsp3) is 0.524. The molecule has 1 fully saturated rings. The van der Waals surface area contributed by atoms with Crippen LogP contribution in [0.2, 0.25) is 4.34 Å². The van der Waals surface area contributed by atoms with Crippen LogP contribution in [0.15, 0.2) is 24.5 Å². The van der Waals surface area contributed by atoms with Crippen LogP contribution in [0.1, 0.15) is 5.56 Å². The molecular formula is C21H29ClN6O4S. The van der Waals surface area contributed by atoms with E-state index >= 15 is 0 Å². The first-order chi connectivity index (χ1) is 15.9. The number of hydrogen-bond donors (Lipinski definition) is 1. The number of nitrogens with one attached hydrogen (secondary N) is 1. The van der Waals surface area contributed by atoms with Crippen molar-refractivity contribution in [2.24, 2.45) is 0 Å². The Balaban J connectivity index is 1.56. The number of thiophene rings is 1. The lowest BCUT2D eigenvalue weighted by atomic mass is 10.1. The van der Waals surface area contributed by atoms with Gasteiger partial charge in [-0.3, -0.25) is 9.59 Å². The molecule has 1 N–H and O–H groups in total. The van der Waals surface area contributed by atoms with Crippen molar-refractivity contribution in [3.8, 4) is 5.06 Å². The Morgan fingerprint density at radius 1 is 1.30 bits per heavy atom. The molecule has 0 radical (unpaired) electrons. The van der Waals surface area contributed by atoms with E-state index in [4.69, 9.17) is 21.1 Å². The summed E-state index contributed by atoms with van der Waals surface area (Å²) in [5, 5.41) is 3.72. The lowest BCUT2D eigenvalue weighted by Gasteiger charge is -2.40. The van der Waals surface area contributed by atoms with Crippen LogP contribution in [-0.2, 0) is 20.9 Å². The van der Waals surface area contributed by atoms with Gasteiger partial charge in [0.05, 0.1) is 10.9 Å². The first-order valence-electron chi connectivity index (χ1n) is 10.5. The van der Waals surface area contributed by atoms with E-state index in [0.29, 0.717) is 35.0 Å². The second-order valence-corrected chi connectivity index (χ2v) is 9.49. The molecule has 0 saturated carbocycles. The number of carbonyl (C=O) groups excluding carboxylic acids is 2. The predicted molar refractivity (Wildman–Crippen MR) is 127 cm³/mol. The summed E-state index contributed by atoms with van der Waals surface area (Å²) in [6.45, 7) is 2.70. The molecule has 180 valence electrons. The number of methoxy groups -OCH3 is 1. The summed E-state index contributed by atoms with van der Waals surface area (Å²) < 4.78 is 11.3. The van der Waals surface area contributed by atoms with Gasteiger partial charge in [0.15, 0.2) is 11.7 Å². The first-order valence-corrected chi connectivity index (χ1v) is 11.7. The van der Waals surface area contributed by atoms with E-state index in [0.717, 1.165) is 18.7 Å². The van der Waals surface area contributed by atoms with Crippen LogP contribution in [0.25, 0.3) is 0 Å². The van der Waals surface area contributed by atoms with Gasteiger partial charge in [-0.05, 0) is 26.2 Å². The molecule has 1 unspecified atom stereocenters. The highest BCUT2D eigenvalue weighted by molar-refractivity contribution is 7.17. The molecule has 2 aromatic rings. The molecular weight excluding hydrogens is 468 g/mol. The number of nitrogens with zero attached hydrogens (tertiary/aromatic N) is 5. The Labute approximate surface area is 202 Å². The number of piperazine rings is 1. The van der Waals surface area contributed by atoms with Crippen molar-refractivity contribution in [2.75, 3.05) is 65.9 Å². The lowest BCUT2D eigenvalue weighted by Crippen LogP contribution is -2.60. The molecule has 1 aliphatic heterocycles. The molecule has 2 aromatic heterocycles. The molecule has 3 rings (SSSR count). The van der Waals surface area contributed by atoms with E-state index in [1.165, 1.54) is 23.3 Å². The van der Waals surface area contributed by atoms with Crippen LogP contribution in [0, 0.1) is 0 Å². The zero-order valence-electron chi connectivity index (χ0n) is 19.0. The zero-order chi connectivity index (χ0) is 23.8. The Morgan fingerprint density at radius 3 is 2.70 bits per heavy atom. The zero-order valence-corrected chi connectivity index (χ0v) is 20.6. The third-order valence-corrected chi connectivity index (χ3v) is 6.18. The monoisotopic (exact) mass is 496 g/mol. The number of carbonyl (C=O) groups is 2. The Bertz CT molecular complexity index is 926. The maximum atomic E-state index is 13.1. The summed E-state index contributed by atoms with van der Waals surface area (Å²) in [5.41, 5.74) is 0.815. The maximum absolute atomic E-state index is 13.1. The maximum Gasteiger partial charge on any atom is 0.261 e. The Kier molecular flexibility index (Phi) is 9.24. The van der Waals surface area contributed by atoms with Crippen molar-refractivity contribution in [1.82, 2.24) is 24.7 Å². The minimum absolute atomic E-state index is 0.108. The van der Waals surface area contributed by atoms with Crippen molar-refractivity contribution in [1.29, 1.82) is 0 Å². The second-order valence-electron chi connectivity index (χ2n) is 7.81. The van der Waals surface area contributed by atoms with Crippen molar-refractivity contribution in [3.63, 3.8) is 0 Å². The van der Waals surface area contributed by atoms with Crippen LogP contribution >= 0.6 is 22.9 Å². The van der Waals surface area contributed by atoms with E-state index in [9.17, 15) is 9.59 Å². The smallest absolute Gasteiger partial charge is 0.261 e. The molecule has 2 amide bonds. The summed E-state index contributed by atoms with van der Waals surface area (Å²) >= 11 is 7.15. The van der Waals surface area contributed by atoms with E-state index in [-0.39, 0.29) is 25.0 Å². The summed E-state index contributed by atoms with van der Waals surface area (Å²) in [4.78, 5) is 39.8. The minimum atomic E-state index is -0.709. The fourth-order valence-corrected chi connectivity index (χ4v) is 4.22. The molecule has 33 heavy (non-hydrogen) atoms. The average Bonchev–Trinajstić information content (AvgIpc) is 3.21. The van der Waals surface area contributed by atoms with Gasteiger partial charge in [-0.25, -0.2) is 9.97 Å². The van der Waals surface area contributed by atoms with Crippen LogP contribution in [0.5, 0.6) is 5.06 Å². The van der Waals surface area contributed by atoms with E-state index in [1.807, 2.05) is 14.1 Å². The normalized spacial score (nSPS) is 16.4. The van der Waals surface area contributed by atoms with Crippen molar-refractivity contribution < 1.29 is 19.1 Å². The summed E-state index contributed by atoms with van der Waals surface area (Å²) in [7, 11) is 5.51. The third kappa shape index (κ3) is 7.26. The van der Waals surface area contributed by atoms with Gasteiger partial charge in [0.25, 0.3) is 5.91 Å². The molecule has 0 aliphatic carbocycles. The highest BCUT2D eigenvalue weighted by Crippen LogP contribution is 2.28. The van der Waals surface area contributed by atoms with Gasteiger partial charge < -0.3 is 29.5 Å². The van der Waals surface area contributed by atoms with E-state index < -0.39 is 6.04 Å². The van der Waals surface area contributed by atoms with Gasteiger partial charge in [-0.2, -0.15) is 0 Å². The third-order valence-electron chi connectivity index (χ3n) is 5.04. The lowest BCUT2D eigenvalue weighted by molar-refractivity contribution is -0.155. The molecule has 10 nitrogen and oxygen atoms in total. The number of hydrogen-bond acceptors (Lipinski definition) is 9. The average molecular weight is 497 g/mol. The van der Waals surface area contributed by atoms with Crippen LogP contribution < -0.4 is 10.1 Å². The van der Waals surface area contributed by atoms with Gasteiger partial charge >= 0.3 is 0 Å². The molecule has 1 atom stereocenters. The van der Waals surface area contributed by atoms with Crippen LogP contribution in [-0.4, -0.2) is 103 Å². The second kappa shape index (κ2) is 12.1. The largest absolute Gasteiger partial charge is 0.474 e. The topological polar surface area (TPSA) is 100 Å². The van der Waals surface area contributed by atoms with E-state index in [2.05, 4.69) is 20.2 Å². The summed E-state index contributed by atoms with van der Waals surface area (Å²) in [6.07, 6.45) is 3.42. The quantitative estimate of drug-likeness (QED) is 0.498. The number of amides is 2. The Hall–Kier alpha value is -2.47. The van der Waals surface area contributed by atoms with Crippen molar-refractivity contribution >= 4 is 40.7 Å². The van der Waals surface area contributed by atoms with Crippen LogP contribution in [0.3, 0.4) is 0 Å². The summed E-state index contributed by atoms with van der Waals surface area (Å²) in [5.74, 6) is 0.0986. The molecule has 12 heteroatoms. The van der Waals surface area contributed by atoms with Gasteiger partial charge in [-0.15, -0.1) is 0 Å². The SMILES string of the molecule is COCC1C(=O)N(Cc2cnc(NCCN(C)C)nc2)CCN1C(=O)COc1ccc(Cl)s1. The van der Waals surface area contributed by atoms with Gasteiger partial charge in [0.2, 0.25) is 11.9 Å². The van der Waals surface area contributed by atoms with Gasteiger partial charge in [0.1, 0.15) is 6.04 Å². The molecule has 1 aliphatic rings. The highest BCUT2D eigenvalue weighted by atomic mass is 35.5. The predicted octanol–water partition coefficient (Wildman–Crippen LogP) is 1.43. The van der Waals surface area contributed by atoms with Crippen molar-refractivity contribution in [3.05, 3.63) is 34.4 Å². The fourth-order valence-electron chi connectivity index (χ4n) is 3.34. The molecule has 1 saturated heterocycles. The van der Waals surface area contributed by atoms with Gasteiger partial charge in [-0.1, -0.05) is 22.9 Å². The summed E-state index contributed by atoms with van der Waals surface area (Å²) in [6, 6.07) is 2.71. The number of ether oxygens (including phenoxy) is 2. The molecule has 0 spiro atoms. The number of halogens is 1. The van der Waals surface area contributed by atoms with Gasteiger partial charge in [0, 0.05) is 57.8 Å². The number of anilines is 1. The Morgan fingerprint density at radius 2 is 2.06 bits per heavy atom. The molecule has 0 bridgehead atoms. The van der Waals surface area contributed by atoms with E-state index in [1.54, 1.807) is 29.4 Å². The number of aromatic nitrogens is 2.